The number of aliphatic hydroxyl groups is 1. The minimum atomic E-state index is -0.957. The Morgan fingerprint density at radius 3 is 2.16 bits per heavy atom. The molecule has 3 atom stereocenters. The maximum atomic E-state index is 12.4. The smallest absolute Gasteiger partial charge is 0.335 e. The van der Waals surface area contributed by atoms with E-state index in [2.05, 4.69) is 5.32 Å². The summed E-state index contributed by atoms with van der Waals surface area (Å²) in [5.41, 5.74) is 5.93. The largest absolute Gasteiger partial charge is 0.481 e. The van der Waals surface area contributed by atoms with Gasteiger partial charge in [0.2, 0.25) is 5.91 Å². The van der Waals surface area contributed by atoms with Gasteiger partial charge in [-0.2, -0.15) is 0 Å². The highest BCUT2D eigenvalue weighted by Gasteiger charge is 2.32. The first-order chi connectivity index (χ1) is 23.8. The van der Waals surface area contributed by atoms with Crippen molar-refractivity contribution in [3.63, 3.8) is 0 Å². The molecule has 0 bridgehead atoms. The number of carbonyl (C=O) groups is 3. The minimum Gasteiger partial charge on any atom is -0.481 e. The van der Waals surface area contributed by atoms with Gasteiger partial charge >= 0.3 is 11.9 Å². The highest BCUT2D eigenvalue weighted by molar-refractivity contribution is 7.99. The van der Waals surface area contributed by atoms with Gasteiger partial charge in [0.15, 0.2) is 6.29 Å². The first-order valence-electron chi connectivity index (χ1n) is 16.4. The zero-order valence-electron chi connectivity index (χ0n) is 27.1. The van der Waals surface area contributed by atoms with Crippen LogP contribution in [0.1, 0.15) is 83.5 Å². The van der Waals surface area contributed by atoms with E-state index < -0.39 is 18.2 Å². The van der Waals surface area contributed by atoms with Crippen molar-refractivity contribution >= 4 is 29.6 Å². The molecule has 1 aliphatic rings. The van der Waals surface area contributed by atoms with Crippen molar-refractivity contribution in [2.24, 2.45) is 0 Å². The Bertz CT molecular complexity index is 1690. The lowest BCUT2D eigenvalue weighted by molar-refractivity contribution is -0.245. The molecule has 4 aromatic carbocycles. The van der Waals surface area contributed by atoms with Crippen LogP contribution < -0.4 is 5.32 Å². The van der Waals surface area contributed by atoms with E-state index in [1.165, 1.54) is 0 Å². The van der Waals surface area contributed by atoms with Crippen LogP contribution in [0, 0.1) is 0 Å². The Balaban J connectivity index is 1.25. The van der Waals surface area contributed by atoms with Crippen LogP contribution in [-0.4, -0.2) is 45.0 Å². The lowest BCUT2D eigenvalue weighted by atomic mass is 9.97. The Morgan fingerprint density at radius 2 is 1.47 bits per heavy atom. The molecule has 1 heterocycles. The van der Waals surface area contributed by atoms with Gasteiger partial charge in [-0.3, -0.25) is 9.59 Å². The fraction of sp³-hybridized carbons (Fsp3) is 0.308. The van der Waals surface area contributed by atoms with Crippen LogP contribution in [0.25, 0.3) is 11.1 Å². The number of carboxylic acids is 2. The van der Waals surface area contributed by atoms with Gasteiger partial charge < -0.3 is 30.1 Å². The van der Waals surface area contributed by atoms with Crippen molar-refractivity contribution in [3.8, 4) is 11.1 Å². The number of carboxylic acid groups (broad SMARTS) is 2. The highest BCUT2D eigenvalue weighted by Crippen LogP contribution is 2.40. The summed E-state index contributed by atoms with van der Waals surface area (Å²) in [4.78, 5) is 35.3. The van der Waals surface area contributed by atoms with Crippen LogP contribution in [0.4, 0.5) is 0 Å². The molecular formula is C39H41NO8S. The lowest BCUT2D eigenvalue weighted by Gasteiger charge is -2.36. The Kier molecular flexibility index (Phi) is 13.0. The number of benzene rings is 4. The summed E-state index contributed by atoms with van der Waals surface area (Å²) in [6, 6.07) is 30.6. The van der Waals surface area contributed by atoms with Crippen LogP contribution in [-0.2, 0) is 32.2 Å². The van der Waals surface area contributed by atoms with Crippen molar-refractivity contribution in [3.05, 3.63) is 125 Å². The molecule has 4 aromatic rings. The van der Waals surface area contributed by atoms with Gasteiger partial charge in [0.25, 0.3) is 0 Å². The fourth-order valence-corrected chi connectivity index (χ4v) is 6.62. The molecule has 1 amide bonds. The molecule has 49 heavy (non-hydrogen) atoms. The van der Waals surface area contributed by atoms with Crippen molar-refractivity contribution in [2.75, 3.05) is 5.75 Å². The maximum absolute atomic E-state index is 12.4. The lowest BCUT2D eigenvalue weighted by Crippen LogP contribution is -2.31. The van der Waals surface area contributed by atoms with E-state index in [9.17, 15) is 24.6 Å². The number of aromatic carboxylic acids is 1. The standard InChI is InChI=1S/C39H41NO8S/c41-24-26-10-12-28(13-11-26)35-22-32(25-49-33-20-18-29(19-21-33)38(45)46)47-39(48-35)30-16-14-27(15-17-30)34-7-5-4-6-31(34)23-40-36(42)8-2-1-3-9-37(43)44/h4-7,10-21,32,35,39,41H,1-3,8-9,22-25H2,(H,40,42)(H,43,44)(H,45,46)/t32-,35+,39+/m0/s1. The predicted octanol–water partition coefficient (Wildman–Crippen LogP) is 7.53. The second-order valence-corrected chi connectivity index (χ2v) is 13.1. The molecule has 0 spiro atoms. The summed E-state index contributed by atoms with van der Waals surface area (Å²) < 4.78 is 13.0. The predicted molar refractivity (Wildman–Crippen MR) is 187 cm³/mol. The normalized spacial score (nSPS) is 17.4. The van der Waals surface area contributed by atoms with Crippen molar-refractivity contribution in [1.82, 2.24) is 5.32 Å². The Hall–Kier alpha value is -4.48. The molecule has 0 radical (unpaired) electrons. The van der Waals surface area contributed by atoms with Gasteiger partial charge in [-0.25, -0.2) is 4.79 Å². The number of rotatable bonds is 16. The second-order valence-electron chi connectivity index (χ2n) is 12.0. The van der Waals surface area contributed by atoms with E-state index in [1.54, 1.807) is 23.9 Å². The monoisotopic (exact) mass is 683 g/mol. The molecule has 1 aliphatic heterocycles. The summed E-state index contributed by atoms with van der Waals surface area (Å²) in [7, 11) is 0. The number of unbranched alkanes of at least 4 members (excludes halogenated alkanes) is 2. The number of hydrogen-bond donors (Lipinski definition) is 4. The van der Waals surface area contributed by atoms with Crippen molar-refractivity contribution in [2.45, 2.75) is 75.1 Å². The molecule has 10 heteroatoms. The van der Waals surface area contributed by atoms with Gasteiger partial charge in [-0.05, 0) is 64.9 Å². The van der Waals surface area contributed by atoms with E-state index in [4.69, 9.17) is 14.6 Å². The highest BCUT2D eigenvalue weighted by atomic mass is 32.2. The van der Waals surface area contributed by atoms with Gasteiger partial charge in [-0.15, -0.1) is 11.8 Å². The van der Waals surface area contributed by atoms with E-state index >= 15 is 0 Å². The molecule has 4 N–H and O–H groups in total. The minimum absolute atomic E-state index is 0.0322. The SMILES string of the molecule is O=C(O)CCCCCC(=O)NCc1ccccc1-c1ccc([C@@H]2O[C@H](CSc3ccc(C(=O)O)cc3)C[C@H](c3ccc(CO)cc3)O2)cc1. The van der Waals surface area contributed by atoms with Gasteiger partial charge in [0.05, 0.1) is 24.4 Å². The number of aliphatic hydroxyl groups excluding tert-OH is 1. The maximum Gasteiger partial charge on any atom is 0.335 e. The van der Waals surface area contributed by atoms with Gasteiger partial charge in [-0.1, -0.05) is 79.2 Å². The van der Waals surface area contributed by atoms with Crippen molar-refractivity contribution in [1.29, 1.82) is 0 Å². The third-order valence-corrected chi connectivity index (χ3v) is 9.58. The fourth-order valence-electron chi connectivity index (χ4n) is 5.70. The number of hydrogen-bond acceptors (Lipinski definition) is 7. The summed E-state index contributed by atoms with van der Waals surface area (Å²) in [6.07, 6.45) is 2.06. The summed E-state index contributed by atoms with van der Waals surface area (Å²) in [5, 5.41) is 30.5. The first-order valence-corrected chi connectivity index (χ1v) is 17.4. The molecule has 0 saturated carbocycles. The third-order valence-electron chi connectivity index (χ3n) is 8.43. The van der Waals surface area contributed by atoms with Crippen LogP contribution in [0.3, 0.4) is 0 Å². The zero-order valence-corrected chi connectivity index (χ0v) is 27.9. The summed E-state index contributed by atoms with van der Waals surface area (Å²) >= 11 is 1.61. The topological polar surface area (TPSA) is 142 Å². The first kappa shape index (κ1) is 35.8. The molecule has 1 fully saturated rings. The molecule has 9 nitrogen and oxygen atoms in total. The zero-order chi connectivity index (χ0) is 34.6. The molecule has 256 valence electrons. The van der Waals surface area contributed by atoms with E-state index in [1.807, 2.05) is 84.9 Å². The Morgan fingerprint density at radius 1 is 0.776 bits per heavy atom. The van der Waals surface area contributed by atoms with E-state index in [0.29, 0.717) is 44.4 Å². The number of amides is 1. The van der Waals surface area contributed by atoms with Gasteiger partial charge in [0.1, 0.15) is 0 Å². The van der Waals surface area contributed by atoms with E-state index in [-0.39, 0.29) is 36.7 Å². The second kappa shape index (κ2) is 17.8. The molecular weight excluding hydrogens is 642 g/mol. The Labute approximate surface area is 290 Å². The molecule has 5 rings (SSSR count). The van der Waals surface area contributed by atoms with Crippen LogP contribution in [0.2, 0.25) is 0 Å². The third kappa shape index (κ3) is 10.5. The van der Waals surface area contributed by atoms with Crippen molar-refractivity contribution < 1.29 is 39.2 Å². The van der Waals surface area contributed by atoms with Crippen LogP contribution in [0.15, 0.2) is 102 Å². The molecule has 1 saturated heterocycles. The average molecular weight is 684 g/mol. The number of nitrogens with one attached hydrogen (secondary N) is 1. The van der Waals surface area contributed by atoms with Crippen LogP contribution >= 0.6 is 11.8 Å². The van der Waals surface area contributed by atoms with E-state index in [0.717, 1.165) is 38.3 Å². The molecule has 0 unspecified atom stereocenters. The summed E-state index contributed by atoms with van der Waals surface area (Å²) in [6.45, 7) is 0.353. The quantitative estimate of drug-likeness (QED) is 0.0696. The summed E-state index contributed by atoms with van der Waals surface area (Å²) in [5.74, 6) is -1.18. The number of thioether (sulfide) groups is 1. The number of ether oxygens (including phenoxy) is 2. The van der Waals surface area contributed by atoms with Crippen LogP contribution in [0.5, 0.6) is 0 Å². The molecule has 0 aliphatic carbocycles. The number of aliphatic carboxylic acids is 1. The average Bonchev–Trinajstić information content (AvgIpc) is 3.13. The van der Waals surface area contributed by atoms with Gasteiger partial charge in [0, 0.05) is 42.0 Å². The molecule has 0 aromatic heterocycles. The number of carbonyl (C=O) groups excluding carboxylic acids is 1.